The first-order chi connectivity index (χ1) is 15.3. The van der Waals surface area contributed by atoms with Gasteiger partial charge in [-0.3, -0.25) is 0 Å². The number of ether oxygens (including phenoxy) is 7. The van der Waals surface area contributed by atoms with Crippen LogP contribution in [0, 0.1) is 5.92 Å². The van der Waals surface area contributed by atoms with Gasteiger partial charge in [0.25, 0.3) is 0 Å². The minimum atomic E-state index is -0.854. The van der Waals surface area contributed by atoms with E-state index in [1.165, 1.54) is 28.4 Å². The maximum absolute atomic E-state index is 13.0. The SMILES string of the molecule is CCOC(=O)C1=C(C)NC(C)=C(C(=O)OCC)C1[C@H]1OC(OC)C(OC)C(OC)C1OC. The van der Waals surface area contributed by atoms with Crippen LogP contribution in [0.1, 0.15) is 27.7 Å². The zero-order valence-electron chi connectivity index (χ0n) is 20.1. The summed E-state index contributed by atoms with van der Waals surface area (Å²) in [6.07, 6.45) is -3.57. The predicted octanol–water partition coefficient (Wildman–Crippen LogP) is 1.30. The molecule has 1 N–H and O–H groups in total. The molecular formula is C22H35NO9. The monoisotopic (exact) mass is 457 g/mol. The fraction of sp³-hybridized carbons (Fsp3) is 0.727. The molecule has 4 unspecified atom stereocenters. The third kappa shape index (κ3) is 4.99. The Labute approximate surface area is 189 Å². The summed E-state index contributed by atoms with van der Waals surface area (Å²) < 4.78 is 39.5. The molecule has 2 rings (SSSR count). The van der Waals surface area contributed by atoms with E-state index >= 15 is 0 Å². The summed E-state index contributed by atoms with van der Waals surface area (Å²) >= 11 is 0. The number of carbonyl (C=O) groups excluding carboxylic acids is 2. The molecule has 32 heavy (non-hydrogen) atoms. The molecule has 182 valence electrons. The molecule has 2 heterocycles. The average molecular weight is 458 g/mol. The molecule has 0 saturated carbocycles. The van der Waals surface area contributed by atoms with E-state index in [-0.39, 0.29) is 24.4 Å². The van der Waals surface area contributed by atoms with E-state index in [1.807, 2.05) is 0 Å². The first-order valence-electron chi connectivity index (χ1n) is 10.6. The molecule has 2 aliphatic heterocycles. The topological polar surface area (TPSA) is 111 Å². The highest BCUT2D eigenvalue weighted by atomic mass is 16.7. The van der Waals surface area contributed by atoms with E-state index in [9.17, 15) is 9.59 Å². The molecule has 5 atom stereocenters. The summed E-state index contributed by atoms with van der Waals surface area (Å²) in [5.74, 6) is -1.98. The summed E-state index contributed by atoms with van der Waals surface area (Å²) in [5, 5.41) is 3.10. The second-order valence-corrected chi connectivity index (χ2v) is 7.43. The zero-order valence-corrected chi connectivity index (χ0v) is 20.1. The second kappa shape index (κ2) is 11.8. The van der Waals surface area contributed by atoms with Crippen LogP contribution < -0.4 is 5.32 Å². The van der Waals surface area contributed by atoms with Gasteiger partial charge in [0, 0.05) is 39.8 Å². The molecule has 0 amide bonds. The van der Waals surface area contributed by atoms with Crippen molar-refractivity contribution in [3.63, 3.8) is 0 Å². The summed E-state index contributed by atoms with van der Waals surface area (Å²) in [4.78, 5) is 26.1. The van der Waals surface area contributed by atoms with E-state index in [1.54, 1.807) is 27.7 Å². The van der Waals surface area contributed by atoms with Crippen molar-refractivity contribution in [2.45, 2.75) is 58.4 Å². The highest BCUT2D eigenvalue weighted by Crippen LogP contribution is 2.41. The van der Waals surface area contributed by atoms with Crippen molar-refractivity contribution in [3.8, 4) is 0 Å². The van der Waals surface area contributed by atoms with Crippen LogP contribution in [0.4, 0.5) is 0 Å². The summed E-state index contributed by atoms with van der Waals surface area (Å²) in [7, 11) is 6.04. The molecule has 2 aliphatic rings. The molecule has 1 fully saturated rings. The minimum Gasteiger partial charge on any atom is -0.463 e. The largest absolute Gasteiger partial charge is 0.463 e. The van der Waals surface area contributed by atoms with Crippen molar-refractivity contribution in [2.24, 2.45) is 5.92 Å². The quantitative estimate of drug-likeness (QED) is 0.509. The Morgan fingerprint density at radius 2 is 1.25 bits per heavy atom. The number of carbonyl (C=O) groups is 2. The lowest BCUT2D eigenvalue weighted by atomic mass is 9.77. The van der Waals surface area contributed by atoms with Crippen LogP contribution >= 0.6 is 0 Å². The Balaban J connectivity index is 2.68. The van der Waals surface area contributed by atoms with Crippen molar-refractivity contribution in [1.82, 2.24) is 5.32 Å². The van der Waals surface area contributed by atoms with E-state index in [0.29, 0.717) is 11.4 Å². The molecule has 0 aromatic carbocycles. The van der Waals surface area contributed by atoms with Crippen molar-refractivity contribution in [1.29, 1.82) is 0 Å². The fourth-order valence-corrected chi connectivity index (χ4v) is 4.41. The van der Waals surface area contributed by atoms with Gasteiger partial charge in [-0.1, -0.05) is 0 Å². The van der Waals surface area contributed by atoms with Gasteiger partial charge in [0.15, 0.2) is 6.29 Å². The maximum Gasteiger partial charge on any atom is 0.336 e. The standard InChI is InChI=1S/C22H35NO9/c1-9-30-20(24)13-11(3)23-12(4)14(21(25)31-10-2)15(13)16-17(26-5)18(27-6)19(28-7)22(29-8)32-16/h15-19,22-23H,9-10H2,1-8H3/t16-,17?,18?,19?,22?/m1/s1. The fourth-order valence-electron chi connectivity index (χ4n) is 4.41. The Morgan fingerprint density at radius 1 is 0.781 bits per heavy atom. The van der Waals surface area contributed by atoms with Crippen molar-refractivity contribution in [2.75, 3.05) is 41.7 Å². The molecule has 0 radical (unpaired) electrons. The molecular weight excluding hydrogens is 422 g/mol. The summed E-state index contributed by atoms with van der Waals surface area (Å²) in [6.45, 7) is 7.27. The number of dihydropyridines is 1. The van der Waals surface area contributed by atoms with Gasteiger partial charge in [-0.25, -0.2) is 9.59 Å². The van der Waals surface area contributed by atoms with Gasteiger partial charge in [-0.2, -0.15) is 0 Å². The van der Waals surface area contributed by atoms with Gasteiger partial charge < -0.3 is 38.5 Å². The van der Waals surface area contributed by atoms with Crippen LogP contribution in [-0.2, 0) is 42.7 Å². The van der Waals surface area contributed by atoms with Crippen molar-refractivity contribution in [3.05, 3.63) is 22.5 Å². The smallest absolute Gasteiger partial charge is 0.336 e. The predicted molar refractivity (Wildman–Crippen MR) is 113 cm³/mol. The Bertz CT molecular complexity index is 708. The molecule has 0 spiro atoms. The molecule has 1 saturated heterocycles. The molecule has 0 bridgehead atoms. The third-order valence-corrected chi connectivity index (χ3v) is 5.70. The number of methoxy groups -OCH3 is 4. The van der Waals surface area contributed by atoms with Gasteiger partial charge in [0.05, 0.1) is 30.3 Å². The lowest BCUT2D eigenvalue weighted by molar-refractivity contribution is -0.307. The summed E-state index contributed by atoms with van der Waals surface area (Å²) in [5.41, 5.74) is 1.62. The molecule has 10 nitrogen and oxygen atoms in total. The lowest BCUT2D eigenvalue weighted by Crippen LogP contribution is -2.63. The second-order valence-electron chi connectivity index (χ2n) is 7.43. The minimum absolute atomic E-state index is 0.173. The number of esters is 2. The Morgan fingerprint density at radius 3 is 1.62 bits per heavy atom. The Hall–Kier alpha value is -1.98. The van der Waals surface area contributed by atoms with Gasteiger partial charge in [-0.05, 0) is 27.7 Å². The Kier molecular flexibility index (Phi) is 9.65. The van der Waals surface area contributed by atoms with Crippen LogP contribution in [0.5, 0.6) is 0 Å². The zero-order chi connectivity index (χ0) is 24.0. The molecule has 0 aromatic heterocycles. The van der Waals surface area contributed by atoms with Crippen LogP contribution in [0.15, 0.2) is 22.5 Å². The molecule has 0 aliphatic carbocycles. The van der Waals surface area contributed by atoms with Crippen LogP contribution in [0.25, 0.3) is 0 Å². The summed E-state index contributed by atoms with van der Waals surface area (Å²) in [6, 6.07) is 0. The van der Waals surface area contributed by atoms with Crippen LogP contribution in [0.3, 0.4) is 0 Å². The average Bonchev–Trinajstić information content (AvgIpc) is 2.76. The number of hydrogen-bond acceptors (Lipinski definition) is 10. The van der Waals surface area contributed by atoms with E-state index in [4.69, 9.17) is 33.2 Å². The van der Waals surface area contributed by atoms with Crippen LogP contribution in [-0.4, -0.2) is 84.3 Å². The van der Waals surface area contributed by atoms with Crippen molar-refractivity contribution < 1.29 is 42.7 Å². The molecule has 10 heteroatoms. The maximum atomic E-state index is 13.0. The number of hydrogen-bond donors (Lipinski definition) is 1. The first-order valence-corrected chi connectivity index (χ1v) is 10.6. The highest BCUT2D eigenvalue weighted by molar-refractivity contribution is 5.98. The van der Waals surface area contributed by atoms with E-state index in [0.717, 1.165) is 0 Å². The van der Waals surface area contributed by atoms with Crippen molar-refractivity contribution >= 4 is 11.9 Å². The highest BCUT2D eigenvalue weighted by Gasteiger charge is 2.54. The number of allylic oxidation sites excluding steroid dienone is 2. The number of rotatable bonds is 9. The third-order valence-electron chi connectivity index (χ3n) is 5.70. The van der Waals surface area contributed by atoms with Gasteiger partial charge in [-0.15, -0.1) is 0 Å². The van der Waals surface area contributed by atoms with E-state index in [2.05, 4.69) is 5.32 Å². The number of nitrogens with one attached hydrogen (secondary N) is 1. The van der Waals surface area contributed by atoms with E-state index < -0.39 is 48.6 Å². The normalized spacial score (nSPS) is 29.1. The lowest BCUT2D eigenvalue weighted by Gasteiger charge is -2.47. The van der Waals surface area contributed by atoms with Gasteiger partial charge in [0.2, 0.25) is 0 Å². The molecule has 0 aromatic rings. The van der Waals surface area contributed by atoms with Crippen LogP contribution in [0.2, 0.25) is 0 Å². The van der Waals surface area contributed by atoms with Gasteiger partial charge >= 0.3 is 11.9 Å². The van der Waals surface area contributed by atoms with Gasteiger partial charge in [0.1, 0.15) is 24.4 Å². The first kappa shape index (κ1) is 26.3.